The maximum absolute atomic E-state index is 5.44. The molecule has 0 saturated carbocycles. The zero-order chi connectivity index (χ0) is 18.9. The summed E-state index contributed by atoms with van der Waals surface area (Å²) in [6.07, 6.45) is 2.39. The molecule has 0 radical (unpaired) electrons. The minimum Gasteiger partial charge on any atom is -0.454 e. The first-order valence-corrected chi connectivity index (χ1v) is 10.1. The number of rotatable bonds is 7. The van der Waals surface area contributed by atoms with E-state index in [1.165, 1.54) is 32.6 Å². The van der Waals surface area contributed by atoms with Crippen LogP contribution in [0.4, 0.5) is 0 Å². The highest BCUT2D eigenvalue weighted by atomic mass is 16.7. The number of hydrogen-bond donors (Lipinski definition) is 2. The van der Waals surface area contributed by atoms with Gasteiger partial charge in [0.1, 0.15) is 0 Å². The topological polar surface area (TPSA) is 61.4 Å². The van der Waals surface area contributed by atoms with E-state index in [9.17, 15) is 0 Å². The van der Waals surface area contributed by atoms with Crippen molar-refractivity contribution in [1.82, 2.24) is 20.4 Å². The van der Waals surface area contributed by atoms with Gasteiger partial charge in [-0.25, -0.2) is 4.99 Å². The van der Waals surface area contributed by atoms with E-state index in [4.69, 9.17) is 14.5 Å². The van der Waals surface area contributed by atoms with Crippen LogP contribution in [0.25, 0.3) is 0 Å². The van der Waals surface area contributed by atoms with E-state index in [0.29, 0.717) is 13.3 Å². The van der Waals surface area contributed by atoms with Gasteiger partial charge < -0.3 is 29.9 Å². The average molecular weight is 376 g/mol. The fourth-order valence-electron chi connectivity index (χ4n) is 3.38. The molecule has 7 nitrogen and oxygen atoms in total. The smallest absolute Gasteiger partial charge is 0.231 e. The predicted octanol–water partition coefficient (Wildman–Crippen LogP) is 1.50. The lowest BCUT2D eigenvalue weighted by molar-refractivity contribution is 0.174. The number of benzene rings is 1. The minimum atomic E-state index is 0.305. The molecule has 150 valence electrons. The first kappa shape index (κ1) is 19.8. The van der Waals surface area contributed by atoms with Crippen LogP contribution in [0.2, 0.25) is 0 Å². The van der Waals surface area contributed by atoms with Gasteiger partial charge in [-0.05, 0) is 64.1 Å². The molecule has 0 atom stereocenters. The Kier molecular flexibility index (Phi) is 7.59. The summed E-state index contributed by atoms with van der Waals surface area (Å²) in [5, 5.41) is 6.78. The van der Waals surface area contributed by atoms with Crippen molar-refractivity contribution in [2.45, 2.75) is 26.3 Å². The second-order valence-corrected chi connectivity index (χ2v) is 7.16. The van der Waals surface area contributed by atoms with Gasteiger partial charge in [-0.3, -0.25) is 0 Å². The summed E-state index contributed by atoms with van der Waals surface area (Å²) >= 11 is 0. The normalized spacial score (nSPS) is 18.4. The van der Waals surface area contributed by atoms with Gasteiger partial charge in [-0.15, -0.1) is 0 Å². The van der Waals surface area contributed by atoms with Gasteiger partial charge in [-0.1, -0.05) is 6.07 Å². The third-order valence-electron chi connectivity index (χ3n) is 4.96. The van der Waals surface area contributed by atoms with E-state index in [2.05, 4.69) is 34.4 Å². The number of ether oxygens (including phenoxy) is 2. The standard InChI is InChI=1S/C20H33N5O2/c1-3-21-20(22-8-4-10-25-11-5-9-24(2)12-13-25)23-15-17-6-7-18-19(14-17)27-16-26-18/h6-7,14H,3-5,8-13,15-16H2,1-2H3,(H2,21,22,23). The van der Waals surface area contributed by atoms with Crippen LogP contribution in [0.15, 0.2) is 23.2 Å². The van der Waals surface area contributed by atoms with E-state index < -0.39 is 0 Å². The number of nitrogens with zero attached hydrogens (tertiary/aromatic N) is 3. The molecule has 1 aromatic rings. The van der Waals surface area contributed by atoms with Gasteiger partial charge in [-0.2, -0.15) is 0 Å². The highest BCUT2D eigenvalue weighted by Gasteiger charge is 2.13. The van der Waals surface area contributed by atoms with Crippen molar-refractivity contribution in [3.05, 3.63) is 23.8 Å². The number of hydrogen-bond acceptors (Lipinski definition) is 5. The van der Waals surface area contributed by atoms with E-state index >= 15 is 0 Å². The molecule has 2 aliphatic heterocycles. The number of fused-ring (bicyclic) bond motifs is 1. The molecule has 0 aromatic heterocycles. The van der Waals surface area contributed by atoms with E-state index in [-0.39, 0.29) is 0 Å². The largest absolute Gasteiger partial charge is 0.454 e. The van der Waals surface area contributed by atoms with Crippen molar-refractivity contribution in [2.24, 2.45) is 4.99 Å². The highest BCUT2D eigenvalue weighted by molar-refractivity contribution is 5.79. The van der Waals surface area contributed by atoms with Crippen molar-refractivity contribution in [2.75, 3.05) is 59.7 Å². The van der Waals surface area contributed by atoms with Crippen molar-refractivity contribution in [1.29, 1.82) is 0 Å². The second-order valence-electron chi connectivity index (χ2n) is 7.16. The van der Waals surface area contributed by atoms with Gasteiger partial charge in [0.2, 0.25) is 6.79 Å². The van der Waals surface area contributed by atoms with Crippen LogP contribution in [0.1, 0.15) is 25.3 Å². The molecule has 0 amide bonds. The van der Waals surface area contributed by atoms with Gasteiger partial charge >= 0.3 is 0 Å². The molecule has 0 spiro atoms. The molecule has 3 rings (SSSR count). The van der Waals surface area contributed by atoms with E-state index in [1.807, 2.05) is 18.2 Å². The van der Waals surface area contributed by atoms with Crippen LogP contribution >= 0.6 is 0 Å². The Balaban J connectivity index is 1.42. The van der Waals surface area contributed by atoms with Gasteiger partial charge in [0, 0.05) is 26.2 Å². The molecule has 2 aliphatic rings. The Labute approximate surface area is 162 Å². The van der Waals surface area contributed by atoms with Crippen LogP contribution in [-0.4, -0.2) is 75.4 Å². The first-order valence-electron chi connectivity index (χ1n) is 10.1. The molecule has 7 heteroatoms. The average Bonchev–Trinajstić information content (AvgIpc) is 3.04. The highest BCUT2D eigenvalue weighted by Crippen LogP contribution is 2.32. The summed E-state index contributed by atoms with van der Waals surface area (Å²) in [4.78, 5) is 9.69. The number of nitrogens with one attached hydrogen (secondary N) is 2. The summed E-state index contributed by atoms with van der Waals surface area (Å²) in [6, 6.07) is 5.99. The number of guanidine groups is 1. The van der Waals surface area contributed by atoms with Crippen LogP contribution in [0, 0.1) is 0 Å². The Morgan fingerprint density at radius 2 is 2.00 bits per heavy atom. The molecule has 1 saturated heterocycles. The number of aliphatic imine (C=N–C) groups is 1. The summed E-state index contributed by atoms with van der Waals surface area (Å²) in [5.41, 5.74) is 1.12. The van der Waals surface area contributed by atoms with Crippen molar-refractivity contribution in [3.63, 3.8) is 0 Å². The third-order valence-corrected chi connectivity index (χ3v) is 4.96. The Morgan fingerprint density at radius 3 is 2.89 bits per heavy atom. The molecule has 2 N–H and O–H groups in total. The summed E-state index contributed by atoms with van der Waals surface area (Å²) in [7, 11) is 2.21. The monoisotopic (exact) mass is 375 g/mol. The first-order chi connectivity index (χ1) is 13.2. The third kappa shape index (κ3) is 6.29. The molecule has 1 aromatic carbocycles. The maximum Gasteiger partial charge on any atom is 0.231 e. The molecular weight excluding hydrogens is 342 g/mol. The predicted molar refractivity (Wildman–Crippen MR) is 109 cm³/mol. The van der Waals surface area contributed by atoms with E-state index in [0.717, 1.165) is 49.1 Å². The van der Waals surface area contributed by atoms with Gasteiger partial charge in [0.25, 0.3) is 0 Å². The zero-order valence-corrected chi connectivity index (χ0v) is 16.7. The lowest BCUT2D eigenvalue weighted by atomic mass is 10.2. The fourth-order valence-corrected chi connectivity index (χ4v) is 3.38. The van der Waals surface area contributed by atoms with Gasteiger partial charge in [0.15, 0.2) is 17.5 Å². The summed E-state index contributed by atoms with van der Waals surface area (Å²) < 4.78 is 10.8. The maximum atomic E-state index is 5.44. The molecule has 0 unspecified atom stereocenters. The van der Waals surface area contributed by atoms with Crippen molar-refractivity contribution in [3.8, 4) is 11.5 Å². The van der Waals surface area contributed by atoms with E-state index in [1.54, 1.807) is 0 Å². The van der Waals surface area contributed by atoms with Crippen molar-refractivity contribution < 1.29 is 9.47 Å². The molecule has 0 aliphatic carbocycles. The summed E-state index contributed by atoms with van der Waals surface area (Å²) in [5.74, 6) is 2.49. The molecule has 2 heterocycles. The Hall–Kier alpha value is -1.99. The second kappa shape index (κ2) is 10.4. The lowest BCUT2D eigenvalue weighted by Gasteiger charge is -2.20. The molecule has 0 bridgehead atoms. The summed E-state index contributed by atoms with van der Waals surface area (Å²) in [6.45, 7) is 10.7. The zero-order valence-electron chi connectivity index (χ0n) is 16.7. The molecule has 27 heavy (non-hydrogen) atoms. The SMILES string of the molecule is CCNC(=NCc1ccc2c(c1)OCO2)NCCCN1CCCN(C)CC1. The van der Waals surface area contributed by atoms with Crippen LogP contribution in [-0.2, 0) is 6.54 Å². The molecule has 1 fully saturated rings. The molecular formula is C20H33N5O2. The lowest BCUT2D eigenvalue weighted by Crippen LogP contribution is -2.39. The Bertz CT molecular complexity index is 622. The van der Waals surface area contributed by atoms with Crippen LogP contribution in [0.3, 0.4) is 0 Å². The van der Waals surface area contributed by atoms with Crippen molar-refractivity contribution >= 4 is 5.96 Å². The Morgan fingerprint density at radius 1 is 1.11 bits per heavy atom. The minimum absolute atomic E-state index is 0.305. The number of likely N-dealkylation sites (N-methyl/N-ethyl adjacent to an activating group) is 1. The fraction of sp³-hybridized carbons (Fsp3) is 0.650. The van der Waals surface area contributed by atoms with Crippen LogP contribution in [0.5, 0.6) is 11.5 Å². The quantitative estimate of drug-likeness (QED) is 0.428. The van der Waals surface area contributed by atoms with Crippen LogP contribution < -0.4 is 20.1 Å². The van der Waals surface area contributed by atoms with Gasteiger partial charge in [0.05, 0.1) is 6.54 Å².